The number of nitrogens with zero attached hydrogens (tertiary/aromatic N) is 3. The SMILES string of the molecule is CCCCOc1n[c-]c(N=[C-]O)c(N)n1.[CH2-]c1ccc(C(=O)O)cc1.[K+]. The Hall–Kier alpha value is -1.65. The number of carboxylic acid groups (broad SMARTS) is 1. The van der Waals surface area contributed by atoms with Crippen LogP contribution in [0.15, 0.2) is 29.3 Å². The van der Waals surface area contributed by atoms with E-state index in [1.807, 2.05) is 0 Å². The summed E-state index contributed by atoms with van der Waals surface area (Å²) < 4.78 is 5.20. The fourth-order valence-electron chi connectivity index (χ4n) is 1.49. The summed E-state index contributed by atoms with van der Waals surface area (Å²) in [5, 5.41) is 16.8. The molecule has 1 aromatic carbocycles. The second-order valence-electron chi connectivity index (χ2n) is 4.77. The predicted octanol–water partition coefficient (Wildman–Crippen LogP) is -0.296. The quantitative estimate of drug-likeness (QED) is 0.206. The number of carboxylic acids is 1. The summed E-state index contributed by atoms with van der Waals surface area (Å²) in [7, 11) is 0. The van der Waals surface area contributed by atoms with Crippen molar-refractivity contribution in [1.29, 1.82) is 0 Å². The molecule has 2 rings (SSSR count). The number of carbonyl (C=O) groups is 1. The number of benzene rings is 1. The van der Waals surface area contributed by atoms with Gasteiger partial charge < -0.3 is 35.6 Å². The average molecular weight is 382 g/mol. The standard InChI is InChI=1S/C9H12N4O2.C8H7O2.K/c1-2-3-4-15-9-11-5-7(12-6-14)8(10)13-9;1-6-2-4-7(5-3-6)8(9)10;/h2-4H2,1H3,(H,12,14)(H2,10,11,13);2-5H,1H2,(H,9,10);/q-2;-1;+1. The number of aliphatic hydroxyl groups is 1. The van der Waals surface area contributed by atoms with Gasteiger partial charge in [-0.2, -0.15) is 24.6 Å². The number of ether oxygens (including phenoxy) is 1. The summed E-state index contributed by atoms with van der Waals surface area (Å²) >= 11 is 0. The molecule has 4 N–H and O–H groups in total. The van der Waals surface area contributed by atoms with Crippen molar-refractivity contribution >= 4 is 23.9 Å². The minimum Gasteiger partial charge on any atom is -0.588 e. The van der Waals surface area contributed by atoms with Crippen molar-refractivity contribution in [3.8, 4) is 6.01 Å². The van der Waals surface area contributed by atoms with Crippen molar-refractivity contribution in [3.63, 3.8) is 0 Å². The van der Waals surface area contributed by atoms with Gasteiger partial charge in [-0.15, -0.1) is 24.0 Å². The summed E-state index contributed by atoms with van der Waals surface area (Å²) in [6.07, 6.45) is 6.02. The summed E-state index contributed by atoms with van der Waals surface area (Å²) in [5.41, 5.74) is 6.77. The molecule has 0 aliphatic carbocycles. The van der Waals surface area contributed by atoms with Gasteiger partial charge >= 0.3 is 57.4 Å². The van der Waals surface area contributed by atoms with E-state index in [4.69, 9.17) is 20.7 Å². The van der Waals surface area contributed by atoms with Crippen LogP contribution in [0.4, 0.5) is 11.5 Å². The van der Waals surface area contributed by atoms with E-state index in [1.54, 1.807) is 18.5 Å². The maximum absolute atomic E-state index is 10.3. The average Bonchev–Trinajstić information content (AvgIpc) is 2.59. The topological polar surface area (TPSA) is 131 Å². The summed E-state index contributed by atoms with van der Waals surface area (Å²) in [5.74, 6) is -0.807. The van der Waals surface area contributed by atoms with Gasteiger partial charge in [0.2, 0.25) is 0 Å². The Bertz CT molecular complexity index is 708. The van der Waals surface area contributed by atoms with E-state index in [0.29, 0.717) is 12.2 Å². The molecule has 2 aromatic rings. The van der Waals surface area contributed by atoms with Gasteiger partial charge in [0.05, 0.1) is 6.61 Å². The normalized spacial score (nSPS) is 9.73. The first kappa shape index (κ1) is 24.3. The number of aliphatic imine (C=N–C) groups is 1. The largest absolute Gasteiger partial charge is 1.00 e. The molecule has 0 saturated carbocycles. The van der Waals surface area contributed by atoms with Crippen LogP contribution in [0.2, 0.25) is 0 Å². The second-order valence-corrected chi connectivity index (χ2v) is 4.77. The summed E-state index contributed by atoms with van der Waals surface area (Å²) in [6.45, 7) is 6.22. The molecule has 1 heterocycles. The van der Waals surface area contributed by atoms with Crippen LogP contribution < -0.4 is 61.9 Å². The van der Waals surface area contributed by atoms with Crippen LogP contribution in [0.25, 0.3) is 0 Å². The third-order valence-electron chi connectivity index (χ3n) is 2.81. The Balaban J connectivity index is 0.000000497. The van der Waals surface area contributed by atoms with Crippen LogP contribution in [-0.2, 0) is 0 Å². The van der Waals surface area contributed by atoms with Crippen LogP contribution in [0.3, 0.4) is 0 Å². The number of aromatic nitrogens is 2. The molecule has 0 saturated heterocycles. The van der Waals surface area contributed by atoms with Gasteiger partial charge in [-0.3, -0.25) is 0 Å². The van der Waals surface area contributed by atoms with Gasteiger partial charge in [0.1, 0.15) is 0 Å². The Morgan fingerprint density at radius 3 is 2.58 bits per heavy atom. The van der Waals surface area contributed by atoms with Crippen molar-refractivity contribution in [3.05, 3.63) is 48.5 Å². The van der Waals surface area contributed by atoms with Crippen LogP contribution in [0.5, 0.6) is 6.01 Å². The first-order chi connectivity index (χ1) is 12.0. The number of nitrogen functional groups attached to an aromatic ring is 1. The molecule has 0 atom stereocenters. The smallest absolute Gasteiger partial charge is 0.588 e. The van der Waals surface area contributed by atoms with E-state index < -0.39 is 5.97 Å². The number of hydrogen-bond acceptors (Lipinski definition) is 6. The fraction of sp³-hybridized carbons (Fsp3) is 0.235. The fourth-order valence-corrected chi connectivity index (χ4v) is 1.49. The molecule has 0 unspecified atom stereocenters. The molecule has 0 radical (unpaired) electrons. The third kappa shape index (κ3) is 9.16. The van der Waals surface area contributed by atoms with E-state index in [9.17, 15) is 4.79 Å². The summed E-state index contributed by atoms with van der Waals surface area (Å²) in [6, 6.07) is 6.57. The molecular weight excluding hydrogens is 363 g/mol. The Labute approximate surface area is 195 Å². The van der Waals surface area contributed by atoms with Gasteiger partial charge in [-0.1, -0.05) is 13.3 Å². The van der Waals surface area contributed by atoms with Crippen molar-refractivity contribution < 1.29 is 71.1 Å². The van der Waals surface area contributed by atoms with Gasteiger partial charge in [0, 0.05) is 12.0 Å². The zero-order valence-corrected chi connectivity index (χ0v) is 17.9. The molecule has 0 spiro atoms. The van der Waals surface area contributed by atoms with Crippen molar-refractivity contribution in [1.82, 2.24) is 9.97 Å². The van der Waals surface area contributed by atoms with E-state index in [1.165, 1.54) is 12.1 Å². The maximum Gasteiger partial charge on any atom is 1.00 e. The van der Waals surface area contributed by atoms with E-state index in [-0.39, 0.29) is 68.9 Å². The zero-order valence-electron chi connectivity index (χ0n) is 14.8. The van der Waals surface area contributed by atoms with Crippen LogP contribution in [-0.4, -0.2) is 39.2 Å². The molecule has 0 fully saturated rings. The number of aromatic carboxylic acids is 1. The Morgan fingerprint density at radius 1 is 1.42 bits per heavy atom. The Morgan fingerprint density at radius 2 is 2.08 bits per heavy atom. The van der Waals surface area contributed by atoms with Crippen molar-refractivity contribution in [2.24, 2.45) is 4.99 Å². The maximum atomic E-state index is 10.3. The minimum absolute atomic E-state index is 0. The predicted molar refractivity (Wildman–Crippen MR) is 93.3 cm³/mol. The zero-order chi connectivity index (χ0) is 18.7. The minimum atomic E-state index is -0.903. The number of anilines is 1. The van der Waals surface area contributed by atoms with Crippen LogP contribution in [0.1, 0.15) is 35.7 Å². The first-order valence-electron chi connectivity index (χ1n) is 7.41. The molecule has 0 amide bonds. The molecular formula is C17H19KN4O4-2. The van der Waals surface area contributed by atoms with E-state index >= 15 is 0 Å². The van der Waals surface area contributed by atoms with E-state index in [2.05, 4.69) is 35.0 Å². The molecule has 0 bridgehead atoms. The second kappa shape index (κ2) is 13.5. The first-order valence-corrected chi connectivity index (χ1v) is 7.41. The van der Waals surface area contributed by atoms with Crippen molar-refractivity contribution in [2.75, 3.05) is 12.3 Å². The molecule has 8 nitrogen and oxygen atoms in total. The van der Waals surface area contributed by atoms with Gasteiger partial charge in [0.15, 0.2) is 6.01 Å². The van der Waals surface area contributed by atoms with Crippen LogP contribution >= 0.6 is 0 Å². The van der Waals surface area contributed by atoms with Gasteiger partial charge in [-0.05, 0) is 12.2 Å². The number of rotatable bonds is 6. The molecule has 134 valence electrons. The number of hydrogen-bond donors (Lipinski definition) is 3. The van der Waals surface area contributed by atoms with Gasteiger partial charge in [-0.25, -0.2) is 4.79 Å². The molecule has 1 aromatic heterocycles. The summed E-state index contributed by atoms with van der Waals surface area (Å²) in [4.78, 5) is 21.3. The monoisotopic (exact) mass is 382 g/mol. The molecule has 9 heteroatoms. The third-order valence-corrected chi connectivity index (χ3v) is 2.81. The van der Waals surface area contributed by atoms with Crippen molar-refractivity contribution in [2.45, 2.75) is 19.8 Å². The molecule has 26 heavy (non-hydrogen) atoms. The number of unbranched alkanes of at least 4 members (excludes halogenated alkanes) is 1. The van der Waals surface area contributed by atoms with E-state index in [0.717, 1.165) is 18.4 Å². The van der Waals surface area contributed by atoms with Gasteiger partial charge in [0.25, 0.3) is 0 Å². The number of aliphatic hydroxyl groups excluding tert-OH is 1. The molecule has 0 aliphatic rings. The number of nitrogens with two attached hydrogens (primary N) is 1. The van der Waals surface area contributed by atoms with Crippen LogP contribution in [0, 0.1) is 13.1 Å². The Kier molecular flexibility index (Phi) is 12.7. The molecule has 0 aliphatic heterocycles.